The summed E-state index contributed by atoms with van der Waals surface area (Å²) in [5.41, 5.74) is 0. The number of hydrogen-bond donors (Lipinski definition) is 1. The van der Waals surface area contributed by atoms with Crippen LogP contribution < -0.4 is 5.32 Å². The maximum absolute atomic E-state index is 5.33. The lowest BCUT2D eigenvalue weighted by atomic mass is 9.86. The number of quaternary nitrogens is 1. The van der Waals surface area contributed by atoms with Crippen LogP contribution >= 0.6 is 0 Å². The smallest absolute Gasteiger partial charge is 0.157 e. The summed E-state index contributed by atoms with van der Waals surface area (Å²) < 4.78 is 5.33. The molecule has 0 radical (unpaired) electrons. The average Bonchev–Trinajstić information content (AvgIpc) is 2.69. The number of furan rings is 1. The molecule has 1 aromatic heterocycles. The Morgan fingerprint density at radius 2 is 2.29 bits per heavy atom. The zero-order valence-corrected chi connectivity index (χ0v) is 8.91. The predicted molar refractivity (Wildman–Crippen MR) is 55.8 cm³/mol. The van der Waals surface area contributed by atoms with E-state index in [-0.39, 0.29) is 0 Å². The van der Waals surface area contributed by atoms with Gasteiger partial charge >= 0.3 is 0 Å². The Labute approximate surface area is 85.7 Å². The molecular weight excluding hydrogens is 174 g/mol. The average molecular weight is 194 g/mol. The van der Waals surface area contributed by atoms with E-state index in [1.807, 2.05) is 6.07 Å². The third-order valence-electron chi connectivity index (χ3n) is 3.38. The Kier molecular flexibility index (Phi) is 3.25. The van der Waals surface area contributed by atoms with E-state index in [9.17, 15) is 0 Å². The van der Waals surface area contributed by atoms with Crippen molar-refractivity contribution in [2.24, 2.45) is 5.92 Å². The molecule has 14 heavy (non-hydrogen) atoms. The molecule has 1 saturated carbocycles. The Bertz CT molecular complexity index is 255. The van der Waals surface area contributed by atoms with E-state index in [1.165, 1.54) is 25.7 Å². The second-order valence-electron chi connectivity index (χ2n) is 4.44. The molecule has 1 aliphatic carbocycles. The predicted octanol–water partition coefficient (Wildman–Crippen LogP) is 1.92. The van der Waals surface area contributed by atoms with E-state index in [4.69, 9.17) is 4.42 Å². The molecule has 1 fully saturated rings. The molecule has 1 aliphatic rings. The zero-order valence-electron chi connectivity index (χ0n) is 8.91. The van der Waals surface area contributed by atoms with Gasteiger partial charge in [0, 0.05) is 5.92 Å². The first-order valence-corrected chi connectivity index (χ1v) is 5.72. The first-order valence-electron chi connectivity index (χ1n) is 5.72. The van der Waals surface area contributed by atoms with Crippen LogP contribution in [0.25, 0.3) is 0 Å². The van der Waals surface area contributed by atoms with Crippen LogP contribution in [0.3, 0.4) is 0 Å². The first kappa shape index (κ1) is 9.78. The summed E-state index contributed by atoms with van der Waals surface area (Å²) in [4.78, 5) is 0. The van der Waals surface area contributed by atoms with Gasteiger partial charge in [0.15, 0.2) is 5.76 Å². The molecule has 2 rings (SSSR count). The monoisotopic (exact) mass is 194 g/mol. The fourth-order valence-electron chi connectivity index (χ4n) is 2.39. The molecule has 1 aromatic rings. The number of hydrogen-bond acceptors (Lipinski definition) is 1. The van der Waals surface area contributed by atoms with Crippen LogP contribution in [0.15, 0.2) is 22.8 Å². The highest BCUT2D eigenvalue weighted by atomic mass is 16.3. The summed E-state index contributed by atoms with van der Waals surface area (Å²) in [5.74, 6) is 1.97. The van der Waals surface area contributed by atoms with Gasteiger partial charge in [-0.25, -0.2) is 0 Å². The van der Waals surface area contributed by atoms with Crippen molar-refractivity contribution in [2.45, 2.75) is 45.2 Å². The van der Waals surface area contributed by atoms with Crippen molar-refractivity contribution in [2.75, 3.05) is 0 Å². The molecule has 2 nitrogen and oxygen atoms in total. The lowest BCUT2D eigenvalue weighted by Gasteiger charge is -2.26. The van der Waals surface area contributed by atoms with Crippen LogP contribution in [0.2, 0.25) is 0 Å². The van der Waals surface area contributed by atoms with E-state index < -0.39 is 0 Å². The van der Waals surface area contributed by atoms with Crippen molar-refractivity contribution in [3.8, 4) is 0 Å². The lowest BCUT2D eigenvalue weighted by molar-refractivity contribution is -0.714. The van der Waals surface area contributed by atoms with Crippen molar-refractivity contribution in [3.05, 3.63) is 24.2 Å². The summed E-state index contributed by atoms with van der Waals surface area (Å²) >= 11 is 0. The van der Waals surface area contributed by atoms with Crippen molar-refractivity contribution in [1.82, 2.24) is 0 Å². The zero-order chi connectivity index (χ0) is 9.80. The molecule has 0 bridgehead atoms. The Morgan fingerprint density at radius 3 is 3.00 bits per heavy atom. The van der Waals surface area contributed by atoms with Crippen LogP contribution in [0.5, 0.6) is 0 Å². The van der Waals surface area contributed by atoms with Gasteiger partial charge < -0.3 is 9.73 Å². The van der Waals surface area contributed by atoms with Crippen molar-refractivity contribution < 1.29 is 9.73 Å². The molecule has 1 heterocycles. The van der Waals surface area contributed by atoms with Crippen LogP contribution in [0.1, 0.15) is 38.4 Å². The third-order valence-corrected chi connectivity index (χ3v) is 3.38. The normalized spacial score (nSPS) is 27.8. The van der Waals surface area contributed by atoms with E-state index in [0.29, 0.717) is 0 Å². The van der Waals surface area contributed by atoms with Gasteiger partial charge in [-0.05, 0) is 31.4 Å². The third kappa shape index (κ3) is 2.38. The van der Waals surface area contributed by atoms with Crippen LogP contribution in [0, 0.1) is 5.92 Å². The molecule has 2 unspecified atom stereocenters. The van der Waals surface area contributed by atoms with Crippen LogP contribution in [-0.2, 0) is 6.54 Å². The van der Waals surface area contributed by atoms with Gasteiger partial charge in [0.25, 0.3) is 0 Å². The molecule has 0 amide bonds. The molecule has 2 atom stereocenters. The minimum Gasteiger partial charge on any atom is -0.463 e. The van der Waals surface area contributed by atoms with E-state index >= 15 is 0 Å². The molecule has 0 aliphatic heterocycles. The second kappa shape index (κ2) is 4.65. The Balaban J connectivity index is 1.79. The van der Waals surface area contributed by atoms with Gasteiger partial charge in [-0.15, -0.1) is 0 Å². The molecular formula is C12H20NO+. The second-order valence-corrected chi connectivity index (χ2v) is 4.44. The van der Waals surface area contributed by atoms with Gasteiger partial charge in [0.05, 0.1) is 12.3 Å². The van der Waals surface area contributed by atoms with Gasteiger partial charge in [-0.1, -0.05) is 13.3 Å². The fourth-order valence-corrected chi connectivity index (χ4v) is 2.39. The van der Waals surface area contributed by atoms with E-state index in [1.54, 1.807) is 6.26 Å². The SMILES string of the molecule is CC1CCCCC1[NH2+]Cc1ccco1. The molecule has 0 spiro atoms. The van der Waals surface area contributed by atoms with Crippen LogP contribution in [-0.4, -0.2) is 6.04 Å². The van der Waals surface area contributed by atoms with Gasteiger partial charge in [-0.2, -0.15) is 0 Å². The van der Waals surface area contributed by atoms with Crippen molar-refractivity contribution >= 4 is 0 Å². The Hall–Kier alpha value is -0.760. The fraction of sp³-hybridized carbons (Fsp3) is 0.667. The van der Waals surface area contributed by atoms with Gasteiger partial charge in [0.2, 0.25) is 0 Å². The van der Waals surface area contributed by atoms with Gasteiger partial charge in [-0.3, -0.25) is 0 Å². The van der Waals surface area contributed by atoms with Crippen molar-refractivity contribution in [3.63, 3.8) is 0 Å². The van der Waals surface area contributed by atoms with E-state index in [2.05, 4.69) is 18.3 Å². The molecule has 0 aromatic carbocycles. The Morgan fingerprint density at radius 1 is 1.43 bits per heavy atom. The minimum absolute atomic E-state index is 0.814. The highest BCUT2D eigenvalue weighted by molar-refractivity contribution is 4.95. The number of nitrogens with two attached hydrogens (primary N) is 1. The van der Waals surface area contributed by atoms with E-state index in [0.717, 1.165) is 24.3 Å². The largest absolute Gasteiger partial charge is 0.463 e. The first-order chi connectivity index (χ1) is 6.86. The van der Waals surface area contributed by atoms with Gasteiger partial charge in [0.1, 0.15) is 6.54 Å². The maximum atomic E-state index is 5.33. The summed E-state index contributed by atoms with van der Waals surface area (Å²) in [6, 6.07) is 4.84. The quantitative estimate of drug-likeness (QED) is 0.782. The minimum atomic E-state index is 0.814. The molecule has 78 valence electrons. The highest BCUT2D eigenvalue weighted by Gasteiger charge is 2.23. The molecule has 2 N–H and O–H groups in total. The molecule has 2 heteroatoms. The van der Waals surface area contributed by atoms with Crippen LogP contribution in [0.4, 0.5) is 0 Å². The standard InChI is InChI=1S/C12H19NO/c1-10-5-2-3-7-12(10)13-9-11-6-4-8-14-11/h4,6,8,10,12-13H,2-3,5,7,9H2,1H3/p+1. The molecule has 0 saturated heterocycles. The summed E-state index contributed by atoms with van der Waals surface area (Å²) in [5, 5.41) is 2.45. The summed E-state index contributed by atoms with van der Waals surface area (Å²) in [6.45, 7) is 3.38. The summed E-state index contributed by atoms with van der Waals surface area (Å²) in [7, 11) is 0. The maximum Gasteiger partial charge on any atom is 0.157 e. The lowest BCUT2D eigenvalue weighted by Crippen LogP contribution is -2.90. The number of rotatable bonds is 3. The highest BCUT2D eigenvalue weighted by Crippen LogP contribution is 2.21. The summed E-state index contributed by atoms with van der Waals surface area (Å²) in [6.07, 6.45) is 7.37. The van der Waals surface area contributed by atoms with Crippen molar-refractivity contribution in [1.29, 1.82) is 0 Å². The topological polar surface area (TPSA) is 29.8 Å².